The normalized spacial score (nSPS) is 28.1. The van der Waals surface area contributed by atoms with Gasteiger partial charge in [0.1, 0.15) is 0 Å². The van der Waals surface area contributed by atoms with Gasteiger partial charge in [-0.3, -0.25) is 4.79 Å². The molecule has 2 atom stereocenters. The summed E-state index contributed by atoms with van der Waals surface area (Å²) in [6.45, 7) is 4.67. The van der Waals surface area contributed by atoms with Crippen LogP contribution in [0.1, 0.15) is 18.4 Å². The van der Waals surface area contributed by atoms with E-state index >= 15 is 0 Å². The van der Waals surface area contributed by atoms with Crippen LogP contribution >= 0.6 is 27.3 Å². The smallest absolute Gasteiger partial charge is 0.313 e. The number of benzene rings is 1. The van der Waals surface area contributed by atoms with Crippen LogP contribution in [0.15, 0.2) is 40.2 Å². The van der Waals surface area contributed by atoms with Gasteiger partial charge in [0.05, 0.1) is 12.0 Å². The molecule has 0 amide bonds. The van der Waals surface area contributed by atoms with Crippen LogP contribution in [0.25, 0.3) is 10.1 Å². The number of thiophene rings is 1. The van der Waals surface area contributed by atoms with Crippen molar-refractivity contribution in [1.29, 1.82) is 0 Å². The number of ether oxygens (including phenoxy) is 1. The van der Waals surface area contributed by atoms with Crippen LogP contribution in [-0.4, -0.2) is 12.6 Å². The average molecular weight is 363 g/mol. The fourth-order valence-electron chi connectivity index (χ4n) is 3.80. The van der Waals surface area contributed by atoms with Crippen molar-refractivity contribution in [1.82, 2.24) is 0 Å². The topological polar surface area (TPSA) is 26.3 Å². The van der Waals surface area contributed by atoms with E-state index < -0.39 is 0 Å². The van der Waals surface area contributed by atoms with Gasteiger partial charge < -0.3 is 4.74 Å². The molecule has 2 aromatic rings. The Kier molecular flexibility index (Phi) is 3.02. The number of hydrogen-bond acceptors (Lipinski definition) is 3. The predicted octanol–water partition coefficient (Wildman–Crippen LogP) is 4.72. The Morgan fingerprint density at radius 2 is 2.33 bits per heavy atom. The van der Waals surface area contributed by atoms with Gasteiger partial charge in [0.25, 0.3) is 0 Å². The quantitative estimate of drug-likeness (QED) is 0.570. The third-order valence-electron chi connectivity index (χ3n) is 4.83. The minimum Gasteiger partial charge on any atom is -0.465 e. The molecule has 2 aliphatic rings. The third-order valence-corrected chi connectivity index (χ3v) is 6.32. The zero-order valence-corrected chi connectivity index (χ0v) is 13.9. The molecule has 1 aromatic heterocycles. The number of rotatable bonds is 2. The molecule has 0 bridgehead atoms. The lowest BCUT2D eigenvalue weighted by Crippen LogP contribution is -2.31. The van der Waals surface area contributed by atoms with Gasteiger partial charge in [-0.25, -0.2) is 0 Å². The van der Waals surface area contributed by atoms with Gasteiger partial charge in [-0.2, -0.15) is 0 Å². The second-order valence-corrected chi connectivity index (χ2v) is 7.99. The zero-order chi connectivity index (χ0) is 14.6. The minimum atomic E-state index is -0.363. The Bertz CT molecular complexity index is 763. The van der Waals surface area contributed by atoms with E-state index in [4.69, 9.17) is 4.74 Å². The molecular formula is C17H15BrO2S. The van der Waals surface area contributed by atoms with Gasteiger partial charge in [-0.05, 0) is 47.7 Å². The van der Waals surface area contributed by atoms with Gasteiger partial charge in [0.2, 0.25) is 0 Å². The molecule has 4 rings (SSSR count). The molecule has 1 aliphatic carbocycles. The van der Waals surface area contributed by atoms with Crippen molar-refractivity contribution in [2.75, 3.05) is 6.61 Å². The lowest BCUT2D eigenvalue weighted by Gasteiger charge is -2.23. The summed E-state index contributed by atoms with van der Waals surface area (Å²) in [5, 5.41) is 3.45. The molecule has 108 valence electrons. The molecule has 0 radical (unpaired) electrons. The number of hydrogen-bond donors (Lipinski definition) is 0. The van der Waals surface area contributed by atoms with Crippen LogP contribution in [0.5, 0.6) is 0 Å². The SMILES string of the molecule is C=C1CC2COC(=O)C2(Cc2csc3cc(Br)ccc23)C1. The number of carbonyl (C=O) groups is 1. The van der Waals surface area contributed by atoms with E-state index in [9.17, 15) is 4.79 Å². The first-order valence-electron chi connectivity index (χ1n) is 7.08. The monoisotopic (exact) mass is 362 g/mol. The molecule has 2 heterocycles. The number of allylic oxidation sites excluding steroid dienone is 1. The summed E-state index contributed by atoms with van der Waals surface area (Å²) in [6, 6.07) is 6.34. The molecule has 0 spiro atoms. The fraction of sp³-hybridized carbons (Fsp3) is 0.353. The first-order chi connectivity index (χ1) is 10.1. The van der Waals surface area contributed by atoms with Crippen LogP contribution in [0, 0.1) is 11.3 Å². The second kappa shape index (κ2) is 4.68. The highest BCUT2D eigenvalue weighted by Gasteiger charge is 2.56. The zero-order valence-electron chi connectivity index (χ0n) is 11.5. The standard InChI is InChI=1S/C17H15BrO2S/c1-10-4-12-8-20-16(19)17(12,6-10)7-11-9-21-15-5-13(18)2-3-14(11)15/h2-3,5,9,12H,1,4,6-8H2. The molecule has 2 nitrogen and oxygen atoms in total. The molecule has 1 aromatic carbocycles. The number of carbonyl (C=O) groups excluding carboxylic acids is 1. The first kappa shape index (κ1) is 13.5. The molecular weight excluding hydrogens is 348 g/mol. The summed E-state index contributed by atoms with van der Waals surface area (Å²) in [6.07, 6.45) is 2.49. The lowest BCUT2D eigenvalue weighted by molar-refractivity contribution is -0.146. The molecule has 4 heteroatoms. The summed E-state index contributed by atoms with van der Waals surface area (Å²) in [4.78, 5) is 12.4. The highest BCUT2D eigenvalue weighted by Crippen LogP contribution is 2.53. The largest absolute Gasteiger partial charge is 0.465 e. The van der Waals surface area contributed by atoms with E-state index in [1.54, 1.807) is 11.3 Å². The molecule has 21 heavy (non-hydrogen) atoms. The van der Waals surface area contributed by atoms with E-state index in [0.29, 0.717) is 12.5 Å². The minimum absolute atomic E-state index is 0.0254. The Hall–Kier alpha value is -1.13. The first-order valence-corrected chi connectivity index (χ1v) is 8.75. The summed E-state index contributed by atoms with van der Waals surface area (Å²) in [5.41, 5.74) is 2.10. The molecule has 1 saturated carbocycles. The van der Waals surface area contributed by atoms with Gasteiger partial charge in [-0.1, -0.05) is 34.1 Å². The number of halogens is 1. The van der Waals surface area contributed by atoms with Crippen molar-refractivity contribution >= 4 is 43.3 Å². The average Bonchev–Trinajstić information content (AvgIpc) is 3.05. The van der Waals surface area contributed by atoms with Crippen LogP contribution in [-0.2, 0) is 16.0 Å². The summed E-state index contributed by atoms with van der Waals surface area (Å²) in [5.74, 6) is 0.283. The summed E-state index contributed by atoms with van der Waals surface area (Å²) >= 11 is 5.25. The van der Waals surface area contributed by atoms with E-state index in [1.165, 1.54) is 21.2 Å². The van der Waals surface area contributed by atoms with Gasteiger partial charge in [-0.15, -0.1) is 11.3 Å². The van der Waals surface area contributed by atoms with E-state index in [2.05, 4.69) is 46.1 Å². The highest BCUT2D eigenvalue weighted by molar-refractivity contribution is 9.10. The van der Waals surface area contributed by atoms with Crippen LogP contribution in [0.4, 0.5) is 0 Å². The van der Waals surface area contributed by atoms with E-state index in [0.717, 1.165) is 23.7 Å². The van der Waals surface area contributed by atoms with Crippen molar-refractivity contribution in [3.63, 3.8) is 0 Å². The van der Waals surface area contributed by atoms with Crippen LogP contribution in [0.2, 0.25) is 0 Å². The van der Waals surface area contributed by atoms with Crippen LogP contribution < -0.4 is 0 Å². The van der Waals surface area contributed by atoms with Crippen molar-refractivity contribution < 1.29 is 9.53 Å². The molecule has 2 unspecified atom stereocenters. The summed E-state index contributed by atoms with van der Waals surface area (Å²) in [7, 11) is 0. The summed E-state index contributed by atoms with van der Waals surface area (Å²) < 4.78 is 7.72. The van der Waals surface area contributed by atoms with E-state index in [1.807, 2.05) is 0 Å². The number of fused-ring (bicyclic) bond motifs is 2. The molecule has 1 saturated heterocycles. The maximum Gasteiger partial charge on any atom is 0.313 e. The van der Waals surface area contributed by atoms with Crippen molar-refractivity contribution in [2.45, 2.75) is 19.3 Å². The van der Waals surface area contributed by atoms with Crippen LogP contribution in [0.3, 0.4) is 0 Å². The van der Waals surface area contributed by atoms with Gasteiger partial charge >= 0.3 is 5.97 Å². The third kappa shape index (κ3) is 2.00. The van der Waals surface area contributed by atoms with E-state index in [-0.39, 0.29) is 11.4 Å². The maximum absolute atomic E-state index is 12.4. The number of esters is 1. The second-order valence-electron chi connectivity index (χ2n) is 6.16. The molecule has 2 fully saturated rings. The Morgan fingerprint density at radius 3 is 3.19 bits per heavy atom. The van der Waals surface area contributed by atoms with Crippen molar-refractivity contribution in [2.24, 2.45) is 11.3 Å². The molecule has 1 aliphatic heterocycles. The Balaban J connectivity index is 1.76. The van der Waals surface area contributed by atoms with Gasteiger partial charge in [0.15, 0.2) is 0 Å². The molecule has 0 N–H and O–H groups in total. The van der Waals surface area contributed by atoms with Crippen molar-refractivity contribution in [3.8, 4) is 0 Å². The number of cyclic esters (lactones) is 1. The fourth-order valence-corrected chi connectivity index (χ4v) is 5.31. The van der Waals surface area contributed by atoms with Gasteiger partial charge in [0, 0.05) is 15.1 Å². The Morgan fingerprint density at radius 1 is 1.48 bits per heavy atom. The maximum atomic E-state index is 12.4. The van der Waals surface area contributed by atoms with Crippen molar-refractivity contribution in [3.05, 3.63) is 45.8 Å². The Labute approximate surface area is 135 Å². The lowest BCUT2D eigenvalue weighted by atomic mass is 9.75. The highest BCUT2D eigenvalue weighted by atomic mass is 79.9. The predicted molar refractivity (Wildman–Crippen MR) is 88.5 cm³/mol.